The second-order valence-electron chi connectivity index (χ2n) is 6.79. The summed E-state index contributed by atoms with van der Waals surface area (Å²) in [6, 6.07) is 0. The fourth-order valence-corrected chi connectivity index (χ4v) is 2.16. The number of hydrogen-bond acceptors (Lipinski definition) is 2. The largest absolute Gasteiger partial charge is 0.356 e. The van der Waals surface area contributed by atoms with E-state index in [2.05, 4.69) is 19.2 Å². The van der Waals surface area contributed by atoms with Gasteiger partial charge in [-0.2, -0.15) is 0 Å². The minimum Gasteiger partial charge on any atom is -0.356 e. The zero-order valence-corrected chi connectivity index (χ0v) is 14.5. The van der Waals surface area contributed by atoms with E-state index in [1.54, 1.807) is 0 Å². The highest BCUT2D eigenvalue weighted by Gasteiger charge is 2.06. The van der Waals surface area contributed by atoms with Crippen LogP contribution in [0.3, 0.4) is 0 Å². The molecule has 21 heavy (non-hydrogen) atoms. The van der Waals surface area contributed by atoms with Gasteiger partial charge in [0.1, 0.15) is 5.78 Å². The smallest absolute Gasteiger partial charge is 0.220 e. The number of rotatable bonds is 13. The molecule has 0 atom stereocenters. The molecule has 0 unspecified atom stereocenters. The van der Waals surface area contributed by atoms with E-state index < -0.39 is 0 Å². The normalized spacial score (nSPS) is 11.1. The van der Waals surface area contributed by atoms with Gasteiger partial charge in [0.25, 0.3) is 0 Å². The molecule has 1 N–H and O–H groups in total. The summed E-state index contributed by atoms with van der Waals surface area (Å²) in [5.41, 5.74) is 0. The fourth-order valence-electron chi connectivity index (χ4n) is 2.16. The van der Waals surface area contributed by atoms with Crippen LogP contribution < -0.4 is 5.32 Å². The minimum atomic E-state index is 0.187. The topological polar surface area (TPSA) is 46.2 Å². The van der Waals surface area contributed by atoms with E-state index in [0.29, 0.717) is 18.1 Å². The van der Waals surface area contributed by atoms with Gasteiger partial charge in [-0.05, 0) is 18.8 Å². The lowest BCUT2D eigenvalue weighted by atomic mass is 10.0. The van der Waals surface area contributed by atoms with Crippen LogP contribution in [0, 0.1) is 11.8 Å². The van der Waals surface area contributed by atoms with Gasteiger partial charge in [0.05, 0.1) is 0 Å². The second-order valence-corrected chi connectivity index (χ2v) is 6.79. The first-order valence-corrected chi connectivity index (χ1v) is 8.73. The van der Waals surface area contributed by atoms with Crippen molar-refractivity contribution in [2.45, 2.75) is 85.5 Å². The maximum Gasteiger partial charge on any atom is 0.220 e. The lowest BCUT2D eigenvalue weighted by Gasteiger charge is -2.07. The summed E-state index contributed by atoms with van der Waals surface area (Å²) in [6.07, 6.45) is 9.38. The molecule has 0 aromatic rings. The number of ketones is 1. The maximum atomic E-state index is 11.5. The van der Waals surface area contributed by atoms with Crippen molar-refractivity contribution in [2.24, 2.45) is 11.8 Å². The van der Waals surface area contributed by atoms with Crippen LogP contribution in [-0.2, 0) is 9.59 Å². The Hall–Kier alpha value is -0.860. The zero-order chi connectivity index (χ0) is 16.1. The first kappa shape index (κ1) is 20.1. The quantitative estimate of drug-likeness (QED) is 0.509. The van der Waals surface area contributed by atoms with Crippen molar-refractivity contribution in [2.75, 3.05) is 6.54 Å². The Morgan fingerprint density at radius 2 is 1.24 bits per heavy atom. The van der Waals surface area contributed by atoms with Crippen molar-refractivity contribution in [3.05, 3.63) is 0 Å². The van der Waals surface area contributed by atoms with E-state index in [-0.39, 0.29) is 11.8 Å². The number of nitrogens with one attached hydrogen (secondary N) is 1. The molecule has 0 aromatic heterocycles. The summed E-state index contributed by atoms with van der Waals surface area (Å²) >= 11 is 0. The third-order valence-electron chi connectivity index (χ3n) is 3.68. The third kappa shape index (κ3) is 13.9. The number of amides is 1. The van der Waals surface area contributed by atoms with Crippen molar-refractivity contribution < 1.29 is 9.59 Å². The number of carbonyl (C=O) groups excluding carboxylic acids is 2. The first-order chi connectivity index (χ1) is 9.93. The molecular formula is C18H35NO2. The molecule has 3 nitrogen and oxygen atoms in total. The van der Waals surface area contributed by atoms with E-state index in [1.165, 1.54) is 19.3 Å². The SMILES string of the molecule is CC(C)CNC(=O)CCCCCCCCCC(=O)C(C)C. The standard InChI is InChI=1S/C18H35NO2/c1-15(2)14-19-18(21)13-11-9-7-5-6-8-10-12-17(20)16(3)4/h15-16H,5-14H2,1-4H3,(H,19,21). The second kappa shape index (κ2) is 12.8. The van der Waals surface area contributed by atoms with Crippen LogP contribution in [-0.4, -0.2) is 18.2 Å². The van der Waals surface area contributed by atoms with Crippen molar-refractivity contribution in [3.8, 4) is 0 Å². The van der Waals surface area contributed by atoms with Gasteiger partial charge < -0.3 is 5.32 Å². The van der Waals surface area contributed by atoms with E-state index >= 15 is 0 Å². The van der Waals surface area contributed by atoms with E-state index in [1.807, 2.05) is 13.8 Å². The van der Waals surface area contributed by atoms with E-state index in [9.17, 15) is 9.59 Å². The van der Waals surface area contributed by atoms with Crippen molar-refractivity contribution in [1.82, 2.24) is 5.32 Å². The molecule has 0 rings (SSSR count). The van der Waals surface area contributed by atoms with Crippen molar-refractivity contribution in [3.63, 3.8) is 0 Å². The number of unbranched alkanes of at least 4 members (excludes halogenated alkanes) is 6. The molecule has 0 fully saturated rings. The van der Waals surface area contributed by atoms with Gasteiger partial charge >= 0.3 is 0 Å². The van der Waals surface area contributed by atoms with Crippen LogP contribution >= 0.6 is 0 Å². The molecule has 0 aromatic carbocycles. The molecule has 0 heterocycles. The van der Waals surface area contributed by atoms with Gasteiger partial charge in [0.15, 0.2) is 0 Å². The molecule has 124 valence electrons. The van der Waals surface area contributed by atoms with Gasteiger partial charge in [-0.3, -0.25) is 9.59 Å². The van der Waals surface area contributed by atoms with Gasteiger partial charge in [-0.15, -0.1) is 0 Å². The highest BCUT2D eigenvalue weighted by Crippen LogP contribution is 2.11. The molecule has 0 spiro atoms. The average Bonchev–Trinajstić information content (AvgIpc) is 2.42. The molecule has 0 radical (unpaired) electrons. The zero-order valence-electron chi connectivity index (χ0n) is 14.5. The monoisotopic (exact) mass is 297 g/mol. The molecule has 0 aliphatic carbocycles. The third-order valence-corrected chi connectivity index (χ3v) is 3.68. The summed E-state index contributed by atoms with van der Waals surface area (Å²) < 4.78 is 0. The van der Waals surface area contributed by atoms with Gasteiger partial charge in [-0.1, -0.05) is 59.8 Å². The summed E-state index contributed by atoms with van der Waals surface area (Å²) in [5.74, 6) is 1.29. The van der Waals surface area contributed by atoms with Crippen LogP contribution in [0.2, 0.25) is 0 Å². The Balaban J connectivity index is 3.26. The lowest BCUT2D eigenvalue weighted by molar-refractivity contribution is -0.122. The maximum absolute atomic E-state index is 11.5. The fraction of sp³-hybridized carbons (Fsp3) is 0.889. The molecule has 1 amide bonds. The Labute approximate surface area is 131 Å². The molecule has 0 saturated heterocycles. The lowest BCUT2D eigenvalue weighted by Crippen LogP contribution is -2.26. The predicted octanol–water partition coefficient (Wildman–Crippen LogP) is 4.49. The number of hydrogen-bond donors (Lipinski definition) is 1. The van der Waals surface area contributed by atoms with Gasteiger partial charge in [-0.25, -0.2) is 0 Å². The first-order valence-electron chi connectivity index (χ1n) is 8.73. The van der Waals surface area contributed by atoms with Crippen LogP contribution in [0.25, 0.3) is 0 Å². The van der Waals surface area contributed by atoms with E-state index in [0.717, 1.165) is 38.6 Å². The number of carbonyl (C=O) groups is 2. The molecule has 0 aliphatic rings. The van der Waals surface area contributed by atoms with Crippen molar-refractivity contribution >= 4 is 11.7 Å². The average molecular weight is 297 g/mol. The van der Waals surface area contributed by atoms with E-state index in [4.69, 9.17) is 0 Å². The Kier molecular flexibility index (Phi) is 12.3. The summed E-state index contributed by atoms with van der Waals surface area (Å²) in [4.78, 5) is 22.9. The molecule has 3 heteroatoms. The molecule has 0 bridgehead atoms. The Morgan fingerprint density at radius 3 is 1.71 bits per heavy atom. The summed E-state index contributed by atoms with van der Waals surface area (Å²) in [7, 11) is 0. The molecule has 0 saturated carbocycles. The number of Topliss-reactive ketones (excluding diaryl/α,β-unsaturated/α-hetero) is 1. The van der Waals surface area contributed by atoms with Crippen LogP contribution in [0.5, 0.6) is 0 Å². The Bertz CT molecular complexity index is 285. The predicted molar refractivity (Wildman–Crippen MR) is 89.2 cm³/mol. The Morgan fingerprint density at radius 1 is 0.762 bits per heavy atom. The van der Waals surface area contributed by atoms with Crippen LogP contribution in [0.15, 0.2) is 0 Å². The highest BCUT2D eigenvalue weighted by molar-refractivity contribution is 5.80. The van der Waals surface area contributed by atoms with Gasteiger partial charge in [0, 0.05) is 25.3 Å². The molecule has 0 aliphatic heterocycles. The minimum absolute atomic E-state index is 0.187. The van der Waals surface area contributed by atoms with Crippen molar-refractivity contribution in [1.29, 1.82) is 0 Å². The van der Waals surface area contributed by atoms with Crippen LogP contribution in [0.4, 0.5) is 0 Å². The summed E-state index contributed by atoms with van der Waals surface area (Å²) in [6.45, 7) is 8.94. The summed E-state index contributed by atoms with van der Waals surface area (Å²) in [5, 5.41) is 2.95. The van der Waals surface area contributed by atoms with Crippen LogP contribution in [0.1, 0.15) is 85.5 Å². The van der Waals surface area contributed by atoms with Gasteiger partial charge in [0.2, 0.25) is 5.91 Å². The molecular weight excluding hydrogens is 262 g/mol. The highest BCUT2D eigenvalue weighted by atomic mass is 16.1.